The predicted molar refractivity (Wildman–Crippen MR) is 108 cm³/mol. The number of hydrogen-bond donors (Lipinski definition) is 3. The topological polar surface area (TPSA) is 53.3 Å². The molecule has 4 nitrogen and oxygen atoms in total. The van der Waals surface area contributed by atoms with Crippen molar-refractivity contribution in [3.8, 4) is 0 Å². The van der Waals surface area contributed by atoms with Gasteiger partial charge < -0.3 is 21.3 Å². The van der Waals surface area contributed by atoms with Crippen molar-refractivity contribution >= 4 is 40.1 Å². The largest absolute Gasteiger partial charge is 0.416 e. The molecule has 144 valence electrons. The van der Waals surface area contributed by atoms with Crippen LogP contribution in [0.4, 0.5) is 35.9 Å². The first-order valence-electron chi connectivity index (χ1n) is 8.72. The zero-order valence-corrected chi connectivity index (χ0v) is 15.5. The Morgan fingerprint density at radius 3 is 2.19 bits per heavy atom. The number of anilines is 4. The van der Waals surface area contributed by atoms with Gasteiger partial charge >= 0.3 is 6.18 Å². The Hall–Kier alpha value is -2.48. The Bertz CT molecular complexity index is 800. The summed E-state index contributed by atoms with van der Waals surface area (Å²) in [6, 6.07) is 10.9. The number of alkyl halides is 3. The van der Waals surface area contributed by atoms with Gasteiger partial charge in [-0.15, -0.1) is 0 Å². The van der Waals surface area contributed by atoms with Gasteiger partial charge in [0.1, 0.15) is 0 Å². The van der Waals surface area contributed by atoms with E-state index in [-0.39, 0.29) is 5.11 Å². The summed E-state index contributed by atoms with van der Waals surface area (Å²) in [5.74, 6) is 0. The zero-order chi connectivity index (χ0) is 19.4. The number of rotatable bonds is 3. The van der Waals surface area contributed by atoms with E-state index in [1.807, 2.05) is 4.90 Å². The summed E-state index contributed by atoms with van der Waals surface area (Å²) in [6.45, 7) is 1.52. The van der Waals surface area contributed by atoms with Gasteiger partial charge in [0.15, 0.2) is 5.11 Å². The molecule has 0 unspecified atom stereocenters. The summed E-state index contributed by atoms with van der Waals surface area (Å²) >= 11 is 5.24. The molecule has 1 aliphatic heterocycles. The van der Waals surface area contributed by atoms with Crippen molar-refractivity contribution in [2.24, 2.45) is 0 Å². The third-order valence-corrected chi connectivity index (χ3v) is 4.60. The molecule has 0 saturated carbocycles. The second-order valence-corrected chi connectivity index (χ2v) is 6.92. The smallest absolute Gasteiger partial charge is 0.399 e. The quantitative estimate of drug-likeness (QED) is 0.500. The molecule has 0 spiro atoms. The second kappa shape index (κ2) is 8.04. The van der Waals surface area contributed by atoms with Crippen molar-refractivity contribution in [1.29, 1.82) is 0 Å². The van der Waals surface area contributed by atoms with Crippen LogP contribution in [0.15, 0.2) is 42.5 Å². The molecule has 0 aromatic heterocycles. The van der Waals surface area contributed by atoms with Crippen LogP contribution in [0.1, 0.15) is 24.8 Å². The molecule has 0 aliphatic carbocycles. The standard InChI is InChI=1S/C19H21F3N4S/c20-19(21,22)13-10-16(12-17(11-13)26-8-2-1-3-9-26)25-18(27)24-15-6-4-14(23)5-7-15/h4-7,10-12H,1-3,8-9,23H2,(H2,24,25,27). The molecule has 0 radical (unpaired) electrons. The Balaban J connectivity index is 1.80. The van der Waals surface area contributed by atoms with Crippen molar-refractivity contribution in [2.45, 2.75) is 25.4 Å². The van der Waals surface area contributed by atoms with Crippen LogP contribution in [-0.2, 0) is 6.18 Å². The van der Waals surface area contributed by atoms with Crippen LogP contribution in [0, 0.1) is 0 Å². The van der Waals surface area contributed by atoms with Crippen molar-refractivity contribution in [1.82, 2.24) is 0 Å². The normalized spacial score (nSPS) is 14.7. The molecule has 1 fully saturated rings. The molecule has 27 heavy (non-hydrogen) atoms. The van der Waals surface area contributed by atoms with Gasteiger partial charge in [-0.05, 0) is 73.9 Å². The van der Waals surface area contributed by atoms with Gasteiger partial charge in [0.05, 0.1) is 5.56 Å². The van der Waals surface area contributed by atoms with Gasteiger partial charge in [-0.1, -0.05) is 0 Å². The lowest BCUT2D eigenvalue weighted by atomic mass is 10.1. The van der Waals surface area contributed by atoms with E-state index in [9.17, 15) is 13.2 Å². The van der Waals surface area contributed by atoms with Crippen molar-refractivity contribution in [3.05, 3.63) is 48.0 Å². The van der Waals surface area contributed by atoms with Crippen LogP contribution in [0.2, 0.25) is 0 Å². The number of thiocarbonyl (C=S) groups is 1. The lowest BCUT2D eigenvalue weighted by Gasteiger charge is -2.30. The first-order chi connectivity index (χ1) is 12.8. The molecule has 1 aliphatic rings. The highest BCUT2D eigenvalue weighted by Crippen LogP contribution is 2.35. The van der Waals surface area contributed by atoms with Gasteiger partial charge in [0, 0.05) is 35.8 Å². The Morgan fingerprint density at radius 2 is 1.56 bits per heavy atom. The number of nitrogens with zero attached hydrogens (tertiary/aromatic N) is 1. The molecule has 0 atom stereocenters. The van der Waals surface area contributed by atoms with Crippen LogP contribution in [0.25, 0.3) is 0 Å². The van der Waals surface area contributed by atoms with E-state index in [2.05, 4.69) is 10.6 Å². The monoisotopic (exact) mass is 394 g/mol. The molecule has 4 N–H and O–H groups in total. The van der Waals surface area contributed by atoms with E-state index in [0.717, 1.165) is 38.4 Å². The van der Waals surface area contributed by atoms with E-state index in [1.54, 1.807) is 30.3 Å². The number of nitrogen functional groups attached to an aromatic ring is 1. The number of halogens is 3. The first kappa shape index (κ1) is 19.3. The minimum Gasteiger partial charge on any atom is -0.399 e. The minimum absolute atomic E-state index is 0.212. The number of hydrogen-bond acceptors (Lipinski definition) is 3. The molecular weight excluding hydrogens is 373 g/mol. The second-order valence-electron chi connectivity index (χ2n) is 6.52. The lowest BCUT2D eigenvalue weighted by molar-refractivity contribution is -0.137. The van der Waals surface area contributed by atoms with E-state index >= 15 is 0 Å². The van der Waals surface area contributed by atoms with Crippen LogP contribution in [0.3, 0.4) is 0 Å². The fourth-order valence-electron chi connectivity index (χ4n) is 3.04. The maximum Gasteiger partial charge on any atom is 0.416 e. The lowest BCUT2D eigenvalue weighted by Crippen LogP contribution is -2.30. The molecule has 8 heteroatoms. The van der Waals surface area contributed by atoms with Crippen molar-refractivity contribution in [3.63, 3.8) is 0 Å². The number of nitrogens with two attached hydrogens (primary N) is 1. The third-order valence-electron chi connectivity index (χ3n) is 4.39. The third kappa shape index (κ3) is 5.26. The summed E-state index contributed by atoms with van der Waals surface area (Å²) in [5, 5.41) is 6.02. The fraction of sp³-hybridized carbons (Fsp3) is 0.316. The minimum atomic E-state index is -4.42. The average molecular weight is 394 g/mol. The molecule has 2 aromatic carbocycles. The highest BCUT2D eigenvalue weighted by molar-refractivity contribution is 7.80. The van der Waals surface area contributed by atoms with E-state index < -0.39 is 11.7 Å². The molecule has 0 amide bonds. The Labute approximate surface area is 161 Å². The van der Waals surface area contributed by atoms with Crippen molar-refractivity contribution in [2.75, 3.05) is 34.4 Å². The predicted octanol–water partition coefficient (Wildman–Crippen LogP) is 5.09. The number of benzene rings is 2. The highest BCUT2D eigenvalue weighted by atomic mass is 32.1. The van der Waals surface area contributed by atoms with Gasteiger partial charge in [0.25, 0.3) is 0 Å². The molecule has 1 heterocycles. The molecule has 3 rings (SSSR count). The first-order valence-corrected chi connectivity index (χ1v) is 9.13. The molecular formula is C19H21F3N4S. The maximum atomic E-state index is 13.3. The Kier molecular flexibility index (Phi) is 5.74. The SMILES string of the molecule is Nc1ccc(NC(=S)Nc2cc(N3CCCCC3)cc(C(F)(F)F)c2)cc1. The van der Waals surface area contributed by atoms with Crippen molar-refractivity contribution < 1.29 is 13.2 Å². The van der Waals surface area contributed by atoms with Crippen LogP contribution >= 0.6 is 12.2 Å². The summed E-state index contributed by atoms with van der Waals surface area (Å²) < 4.78 is 40.0. The summed E-state index contributed by atoms with van der Waals surface area (Å²) in [6.07, 6.45) is -1.35. The average Bonchev–Trinajstić information content (AvgIpc) is 2.63. The van der Waals surface area contributed by atoms with E-state index in [1.165, 1.54) is 6.07 Å². The van der Waals surface area contributed by atoms with E-state index in [4.69, 9.17) is 18.0 Å². The van der Waals surface area contributed by atoms with Gasteiger partial charge in [-0.2, -0.15) is 13.2 Å². The Morgan fingerprint density at radius 1 is 0.926 bits per heavy atom. The van der Waals surface area contributed by atoms with E-state index in [0.29, 0.717) is 22.7 Å². The molecule has 2 aromatic rings. The molecule has 0 bridgehead atoms. The molecule has 1 saturated heterocycles. The van der Waals surface area contributed by atoms with Gasteiger partial charge in [0.2, 0.25) is 0 Å². The fourth-order valence-corrected chi connectivity index (χ4v) is 3.28. The highest BCUT2D eigenvalue weighted by Gasteiger charge is 2.32. The maximum absolute atomic E-state index is 13.3. The van der Waals surface area contributed by atoms with Gasteiger partial charge in [-0.3, -0.25) is 0 Å². The zero-order valence-electron chi connectivity index (χ0n) is 14.6. The van der Waals surface area contributed by atoms with Crippen LogP contribution < -0.4 is 21.3 Å². The van der Waals surface area contributed by atoms with Crippen LogP contribution in [-0.4, -0.2) is 18.2 Å². The number of piperidine rings is 1. The number of nitrogens with one attached hydrogen (secondary N) is 2. The van der Waals surface area contributed by atoms with Crippen LogP contribution in [0.5, 0.6) is 0 Å². The summed E-state index contributed by atoms with van der Waals surface area (Å²) in [7, 11) is 0. The summed E-state index contributed by atoms with van der Waals surface area (Å²) in [5.41, 5.74) is 7.12. The summed E-state index contributed by atoms with van der Waals surface area (Å²) in [4.78, 5) is 1.99. The van der Waals surface area contributed by atoms with Gasteiger partial charge in [-0.25, -0.2) is 0 Å².